The topological polar surface area (TPSA) is 192 Å². The molecule has 2 saturated heterocycles. The van der Waals surface area contributed by atoms with Gasteiger partial charge in [0.1, 0.15) is 16.6 Å². The number of thioether (sulfide) groups is 2. The zero-order valence-electron chi connectivity index (χ0n) is 32.3. The molecule has 2 amide bonds. The highest BCUT2D eigenvalue weighted by molar-refractivity contribution is 8.01. The van der Waals surface area contributed by atoms with E-state index in [1.54, 1.807) is 20.8 Å². The zero-order chi connectivity index (χ0) is 39.4. The third-order valence-electron chi connectivity index (χ3n) is 7.38. The first kappa shape index (κ1) is 48.3. The second-order valence-electron chi connectivity index (χ2n) is 14.3. The molecule has 14 nitrogen and oxygen atoms in total. The number of hydrogen-bond donors (Lipinski definition) is 2. The minimum absolute atomic E-state index is 0.0200. The second-order valence-corrected chi connectivity index (χ2v) is 16.7. The molecular formula is C35H63N3O11S2. The number of unbranched alkanes of at least 4 members (excludes halogenated alkanes) is 3. The standard InChI is InChI=1S/C18H31NO5S.C9H15NO4S.C8H17NO2/c1-13(16(21)23-5)9-7-6-8-10-14(20)15-19(11-12-25-15)17(22)24-18(2,3)4;1-9(2,3)14-8(13)10-4-5-15-6(10)7(11)12;1-7(8(10)11-2)5-3-4-6-9/h13,15H,6-12H2,1-5H3;6H,4-5H2,1-3H3,(H,11,12);7H,3-6,9H2,1-2H3/t13-,15?;;7-/m0.0/s1. The summed E-state index contributed by atoms with van der Waals surface area (Å²) in [5.74, 6) is 0.0779. The van der Waals surface area contributed by atoms with E-state index in [9.17, 15) is 28.8 Å². The molecule has 0 aromatic heterocycles. The van der Waals surface area contributed by atoms with E-state index < -0.39 is 40.1 Å². The van der Waals surface area contributed by atoms with Crippen molar-refractivity contribution in [2.75, 3.05) is 45.4 Å². The van der Waals surface area contributed by atoms with Crippen molar-refractivity contribution in [2.45, 2.75) is 129 Å². The maximum Gasteiger partial charge on any atom is 0.411 e. The number of aliphatic carboxylic acids is 1. The molecule has 296 valence electrons. The van der Waals surface area contributed by atoms with Crippen LogP contribution in [0.1, 0.15) is 107 Å². The van der Waals surface area contributed by atoms with Crippen LogP contribution in [0.15, 0.2) is 0 Å². The minimum Gasteiger partial charge on any atom is -0.479 e. The van der Waals surface area contributed by atoms with Gasteiger partial charge in [0.15, 0.2) is 11.2 Å². The van der Waals surface area contributed by atoms with Crippen LogP contribution in [0.3, 0.4) is 0 Å². The number of nitrogens with zero attached hydrogens (tertiary/aromatic N) is 2. The molecule has 2 rings (SSSR count). The van der Waals surface area contributed by atoms with Crippen LogP contribution in [0.25, 0.3) is 0 Å². The molecule has 0 aromatic carbocycles. The van der Waals surface area contributed by atoms with Crippen molar-refractivity contribution in [3.63, 3.8) is 0 Å². The predicted molar refractivity (Wildman–Crippen MR) is 199 cm³/mol. The Bertz CT molecular complexity index is 1110. The van der Waals surface area contributed by atoms with Crippen LogP contribution in [0.5, 0.6) is 0 Å². The summed E-state index contributed by atoms with van der Waals surface area (Å²) >= 11 is 2.74. The molecule has 2 fully saturated rings. The third-order valence-corrected chi connectivity index (χ3v) is 9.82. The predicted octanol–water partition coefficient (Wildman–Crippen LogP) is 5.93. The summed E-state index contributed by atoms with van der Waals surface area (Å²) in [5.41, 5.74) is 4.16. The van der Waals surface area contributed by atoms with Crippen molar-refractivity contribution in [2.24, 2.45) is 17.6 Å². The van der Waals surface area contributed by atoms with Crippen molar-refractivity contribution in [1.29, 1.82) is 0 Å². The average molecular weight is 766 g/mol. The van der Waals surface area contributed by atoms with Gasteiger partial charge in [0, 0.05) is 31.0 Å². The SMILES string of the molecule is CC(C)(C)OC(=O)N1CCSC1C(=O)O.COC(=O)[C@@H](C)CCCCCC(=O)C1SCCN1C(=O)OC(C)(C)C.COC(=O)[C@@H](C)CCCCN. The van der Waals surface area contributed by atoms with Gasteiger partial charge in [0.25, 0.3) is 0 Å². The summed E-state index contributed by atoms with van der Waals surface area (Å²) in [6.07, 6.45) is 5.66. The first-order chi connectivity index (χ1) is 23.7. The molecule has 2 aliphatic heterocycles. The van der Waals surface area contributed by atoms with E-state index >= 15 is 0 Å². The molecule has 0 saturated carbocycles. The zero-order valence-corrected chi connectivity index (χ0v) is 34.0. The summed E-state index contributed by atoms with van der Waals surface area (Å²) in [4.78, 5) is 72.0. The number of carboxylic acids is 1. The number of rotatable bonds is 14. The lowest BCUT2D eigenvalue weighted by Crippen LogP contribution is -2.42. The number of nitrogens with two attached hydrogens (primary N) is 1. The molecule has 3 N–H and O–H groups in total. The number of carbonyl (C=O) groups excluding carboxylic acids is 5. The monoisotopic (exact) mass is 765 g/mol. The van der Waals surface area contributed by atoms with Crippen molar-refractivity contribution in [3.05, 3.63) is 0 Å². The number of carbonyl (C=O) groups is 6. The van der Waals surface area contributed by atoms with Crippen molar-refractivity contribution in [1.82, 2.24) is 9.80 Å². The van der Waals surface area contributed by atoms with Gasteiger partial charge in [-0.3, -0.25) is 24.2 Å². The number of ketones is 1. The van der Waals surface area contributed by atoms with Gasteiger partial charge in [-0.1, -0.05) is 33.1 Å². The van der Waals surface area contributed by atoms with E-state index in [4.69, 9.17) is 25.1 Å². The van der Waals surface area contributed by atoms with Gasteiger partial charge in [-0.05, 0) is 73.8 Å². The Hall–Kier alpha value is -2.72. The number of ether oxygens (including phenoxy) is 4. The summed E-state index contributed by atoms with van der Waals surface area (Å²) < 4.78 is 19.8. The second kappa shape index (κ2) is 24.5. The van der Waals surface area contributed by atoms with Gasteiger partial charge in [-0.15, -0.1) is 23.5 Å². The van der Waals surface area contributed by atoms with Crippen LogP contribution in [0, 0.1) is 11.8 Å². The van der Waals surface area contributed by atoms with Gasteiger partial charge in [-0.25, -0.2) is 14.4 Å². The van der Waals surface area contributed by atoms with Crippen LogP contribution < -0.4 is 5.73 Å². The molecule has 2 heterocycles. The summed E-state index contributed by atoms with van der Waals surface area (Å²) in [5, 5.41) is 7.63. The molecule has 0 bridgehead atoms. The molecule has 51 heavy (non-hydrogen) atoms. The quantitative estimate of drug-likeness (QED) is 0.120. The van der Waals surface area contributed by atoms with Crippen LogP contribution >= 0.6 is 23.5 Å². The highest BCUT2D eigenvalue weighted by atomic mass is 32.2. The molecule has 2 unspecified atom stereocenters. The summed E-state index contributed by atoms with van der Waals surface area (Å²) in [6, 6.07) is 0. The molecule has 2 aliphatic rings. The summed E-state index contributed by atoms with van der Waals surface area (Å²) in [7, 11) is 2.81. The Kier molecular flexibility index (Phi) is 23.2. The molecule has 0 aromatic rings. The lowest BCUT2D eigenvalue weighted by molar-refractivity contribution is -0.145. The number of hydrogen-bond acceptors (Lipinski definition) is 13. The van der Waals surface area contributed by atoms with E-state index in [0.717, 1.165) is 50.7 Å². The molecule has 0 aliphatic carbocycles. The van der Waals surface area contributed by atoms with E-state index in [-0.39, 0.29) is 29.6 Å². The fourth-order valence-electron chi connectivity index (χ4n) is 4.71. The average Bonchev–Trinajstić information content (AvgIpc) is 3.74. The molecule has 0 spiro atoms. The van der Waals surface area contributed by atoms with E-state index in [1.807, 2.05) is 34.6 Å². The van der Waals surface area contributed by atoms with Crippen LogP contribution in [0.2, 0.25) is 0 Å². The Morgan fingerprint density at radius 1 is 0.706 bits per heavy atom. The van der Waals surface area contributed by atoms with Crippen molar-refractivity contribution in [3.8, 4) is 0 Å². The number of methoxy groups -OCH3 is 2. The third kappa shape index (κ3) is 20.8. The molecular weight excluding hydrogens is 703 g/mol. The van der Waals surface area contributed by atoms with Gasteiger partial charge in [0.2, 0.25) is 0 Å². The number of amides is 2. The number of Topliss-reactive ketones (excluding diaryl/α,β-unsaturated/α-hetero) is 1. The summed E-state index contributed by atoms with van der Waals surface area (Å²) in [6.45, 7) is 16.1. The van der Waals surface area contributed by atoms with Gasteiger partial charge < -0.3 is 29.8 Å². The Balaban J connectivity index is 0.000000814. The molecule has 4 atom stereocenters. The van der Waals surface area contributed by atoms with Crippen LogP contribution in [-0.4, -0.2) is 118 Å². The smallest absolute Gasteiger partial charge is 0.411 e. The fourth-order valence-corrected chi connectivity index (χ4v) is 6.95. The lowest BCUT2D eigenvalue weighted by atomic mass is 10.0. The highest BCUT2D eigenvalue weighted by Crippen LogP contribution is 2.28. The van der Waals surface area contributed by atoms with Crippen molar-refractivity contribution < 1.29 is 52.8 Å². The first-order valence-corrected chi connectivity index (χ1v) is 19.6. The fraction of sp³-hybridized carbons (Fsp3) is 0.829. The van der Waals surface area contributed by atoms with Crippen LogP contribution in [-0.2, 0) is 38.1 Å². The molecule has 0 radical (unpaired) electrons. The van der Waals surface area contributed by atoms with Gasteiger partial charge in [-0.2, -0.15) is 0 Å². The molecule has 16 heteroatoms. The van der Waals surface area contributed by atoms with Crippen LogP contribution in [0.4, 0.5) is 9.59 Å². The van der Waals surface area contributed by atoms with E-state index in [1.165, 1.54) is 47.5 Å². The minimum atomic E-state index is -0.997. The van der Waals surface area contributed by atoms with E-state index in [2.05, 4.69) is 4.74 Å². The lowest BCUT2D eigenvalue weighted by Gasteiger charge is -2.27. The highest BCUT2D eigenvalue weighted by Gasteiger charge is 2.38. The Labute approximate surface area is 312 Å². The first-order valence-electron chi connectivity index (χ1n) is 17.5. The van der Waals surface area contributed by atoms with Crippen molar-refractivity contribution >= 4 is 59.4 Å². The Morgan fingerprint density at radius 3 is 1.51 bits per heavy atom. The Morgan fingerprint density at radius 2 is 1.12 bits per heavy atom. The number of carboxylic acid groups (broad SMARTS) is 1. The maximum atomic E-state index is 12.4. The van der Waals surface area contributed by atoms with E-state index in [0.29, 0.717) is 31.8 Å². The largest absolute Gasteiger partial charge is 0.479 e. The van der Waals surface area contributed by atoms with Gasteiger partial charge >= 0.3 is 30.1 Å². The maximum absolute atomic E-state index is 12.4. The number of esters is 2. The van der Waals surface area contributed by atoms with Gasteiger partial charge in [0.05, 0.1) is 26.1 Å². The normalized spacial score (nSPS) is 18.3.